The molecule has 5 heteroatoms. The molecule has 25 heavy (non-hydrogen) atoms. The number of fused-ring (bicyclic) bond motifs is 1. The van der Waals surface area contributed by atoms with E-state index in [0.717, 1.165) is 18.3 Å². The van der Waals surface area contributed by atoms with E-state index in [0.29, 0.717) is 5.25 Å². The summed E-state index contributed by atoms with van der Waals surface area (Å²) in [5.74, 6) is 0. The SMILES string of the molecule is Cc1cc([C@@H]2[C@@H](c3ccccn3)N=C3S[C@H](C)CN32)c(C)n1C1CC1. The zero-order valence-corrected chi connectivity index (χ0v) is 15.8. The maximum absolute atomic E-state index is 5.10. The van der Waals surface area contributed by atoms with E-state index in [9.17, 15) is 0 Å². The topological polar surface area (TPSA) is 33.4 Å². The third-order valence-corrected chi connectivity index (χ3v) is 6.74. The fourth-order valence-electron chi connectivity index (χ4n) is 4.45. The van der Waals surface area contributed by atoms with Gasteiger partial charge in [0.15, 0.2) is 5.17 Å². The van der Waals surface area contributed by atoms with Gasteiger partial charge in [-0.05, 0) is 50.5 Å². The van der Waals surface area contributed by atoms with Crippen LogP contribution in [0.15, 0.2) is 35.5 Å². The van der Waals surface area contributed by atoms with Gasteiger partial charge in [-0.3, -0.25) is 9.98 Å². The lowest BCUT2D eigenvalue weighted by Crippen LogP contribution is -2.28. The molecule has 0 amide bonds. The van der Waals surface area contributed by atoms with Crippen LogP contribution < -0.4 is 0 Å². The number of aliphatic imine (C=N–C) groups is 1. The van der Waals surface area contributed by atoms with Crippen LogP contribution in [0.3, 0.4) is 0 Å². The highest BCUT2D eigenvalue weighted by Crippen LogP contribution is 2.49. The van der Waals surface area contributed by atoms with Crippen LogP contribution in [0.5, 0.6) is 0 Å². The molecule has 2 fully saturated rings. The lowest BCUT2D eigenvalue weighted by Gasteiger charge is -2.27. The van der Waals surface area contributed by atoms with Crippen molar-refractivity contribution >= 4 is 16.9 Å². The number of thioether (sulfide) groups is 1. The summed E-state index contributed by atoms with van der Waals surface area (Å²) in [4.78, 5) is 12.3. The van der Waals surface area contributed by atoms with Gasteiger partial charge in [0.2, 0.25) is 0 Å². The van der Waals surface area contributed by atoms with Crippen LogP contribution in [0, 0.1) is 13.8 Å². The zero-order valence-electron chi connectivity index (χ0n) is 15.0. The summed E-state index contributed by atoms with van der Waals surface area (Å²) in [6, 6.07) is 9.68. The number of hydrogen-bond donors (Lipinski definition) is 0. The standard InChI is InChI=1S/C20H24N4S/c1-12-10-16(14(3)24(12)15-7-8-15)19-18(17-6-4-5-9-21-17)22-20-23(19)11-13(2)25-20/h4-6,9-10,13,15,18-19H,7-8,11H2,1-3H3/t13-,18-,19-/m1/s1. The number of hydrogen-bond acceptors (Lipinski definition) is 4. The second kappa shape index (κ2) is 5.63. The lowest BCUT2D eigenvalue weighted by atomic mass is 9.96. The van der Waals surface area contributed by atoms with Crippen molar-refractivity contribution in [1.82, 2.24) is 14.5 Å². The zero-order chi connectivity index (χ0) is 17.1. The minimum Gasteiger partial charge on any atom is -0.346 e. The van der Waals surface area contributed by atoms with Crippen molar-refractivity contribution in [2.75, 3.05) is 6.54 Å². The summed E-state index contributed by atoms with van der Waals surface area (Å²) in [5, 5.41) is 1.81. The van der Waals surface area contributed by atoms with Crippen molar-refractivity contribution < 1.29 is 0 Å². The van der Waals surface area contributed by atoms with Crippen molar-refractivity contribution in [2.45, 2.75) is 57.0 Å². The van der Waals surface area contributed by atoms with E-state index >= 15 is 0 Å². The smallest absolute Gasteiger partial charge is 0.160 e. The van der Waals surface area contributed by atoms with Gasteiger partial charge >= 0.3 is 0 Å². The lowest BCUT2D eigenvalue weighted by molar-refractivity contribution is 0.320. The molecule has 5 rings (SSSR count). The Morgan fingerprint density at radius 2 is 2.04 bits per heavy atom. The molecule has 0 aromatic carbocycles. The number of nitrogens with zero attached hydrogens (tertiary/aromatic N) is 4. The van der Waals surface area contributed by atoms with E-state index in [2.05, 4.69) is 53.4 Å². The Hall–Kier alpha value is -1.75. The van der Waals surface area contributed by atoms with E-state index in [1.807, 2.05) is 24.0 Å². The Labute approximate surface area is 153 Å². The predicted molar refractivity (Wildman–Crippen MR) is 103 cm³/mol. The molecule has 4 nitrogen and oxygen atoms in total. The largest absolute Gasteiger partial charge is 0.346 e. The molecule has 0 N–H and O–H groups in total. The number of amidine groups is 1. The summed E-state index contributed by atoms with van der Waals surface area (Å²) in [6.45, 7) is 7.92. The fraction of sp³-hybridized carbons (Fsp3) is 0.500. The summed E-state index contributed by atoms with van der Waals surface area (Å²) < 4.78 is 2.55. The number of rotatable bonds is 3. The van der Waals surface area contributed by atoms with Crippen molar-refractivity contribution in [3.05, 3.63) is 53.1 Å². The van der Waals surface area contributed by atoms with E-state index < -0.39 is 0 Å². The second-order valence-electron chi connectivity index (χ2n) is 7.56. The number of aromatic nitrogens is 2. The van der Waals surface area contributed by atoms with Crippen molar-refractivity contribution in [2.24, 2.45) is 4.99 Å². The highest BCUT2D eigenvalue weighted by atomic mass is 32.2. The van der Waals surface area contributed by atoms with Crippen molar-refractivity contribution in [3.8, 4) is 0 Å². The normalized spacial score (nSPS) is 28.4. The molecule has 2 aliphatic heterocycles. The quantitative estimate of drug-likeness (QED) is 0.820. The average Bonchev–Trinajstić information content (AvgIpc) is 3.19. The van der Waals surface area contributed by atoms with Crippen LogP contribution in [-0.2, 0) is 0 Å². The van der Waals surface area contributed by atoms with E-state index in [-0.39, 0.29) is 12.1 Å². The maximum Gasteiger partial charge on any atom is 0.160 e. The van der Waals surface area contributed by atoms with Gasteiger partial charge < -0.3 is 9.47 Å². The highest BCUT2D eigenvalue weighted by molar-refractivity contribution is 8.14. The average molecular weight is 353 g/mol. The van der Waals surface area contributed by atoms with Gasteiger partial charge in [-0.15, -0.1) is 0 Å². The predicted octanol–water partition coefficient (Wildman–Crippen LogP) is 4.42. The number of pyridine rings is 1. The summed E-state index contributed by atoms with van der Waals surface area (Å²) >= 11 is 1.91. The Morgan fingerprint density at radius 1 is 1.20 bits per heavy atom. The first kappa shape index (κ1) is 15.5. The molecule has 0 spiro atoms. The van der Waals surface area contributed by atoms with Crippen molar-refractivity contribution in [1.29, 1.82) is 0 Å². The molecule has 1 saturated carbocycles. The van der Waals surface area contributed by atoms with E-state index in [1.54, 1.807) is 0 Å². The van der Waals surface area contributed by atoms with Gasteiger partial charge in [0.1, 0.15) is 6.04 Å². The molecule has 3 aliphatic rings. The van der Waals surface area contributed by atoms with Crippen LogP contribution in [0.1, 0.15) is 60.5 Å². The Kier molecular flexibility index (Phi) is 3.49. The molecular weight excluding hydrogens is 328 g/mol. The summed E-state index contributed by atoms with van der Waals surface area (Å²) in [6.07, 6.45) is 4.53. The number of aryl methyl sites for hydroxylation is 1. The molecule has 2 aromatic heterocycles. The molecule has 0 radical (unpaired) electrons. The van der Waals surface area contributed by atoms with Crippen molar-refractivity contribution in [3.63, 3.8) is 0 Å². The van der Waals surface area contributed by atoms with Gasteiger partial charge in [-0.1, -0.05) is 24.8 Å². The van der Waals surface area contributed by atoms with Gasteiger partial charge in [-0.25, -0.2) is 0 Å². The van der Waals surface area contributed by atoms with E-state index in [4.69, 9.17) is 4.99 Å². The third-order valence-electron chi connectivity index (χ3n) is 5.64. The van der Waals surface area contributed by atoms with Gasteiger partial charge in [0.25, 0.3) is 0 Å². The third kappa shape index (κ3) is 2.43. The minimum atomic E-state index is 0.101. The first-order valence-corrected chi connectivity index (χ1v) is 10.1. The molecule has 4 heterocycles. The summed E-state index contributed by atoms with van der Waals surface area (Å²) in [5.41, 5.74) is 5.34. The molecule has 3 atom stereocenters. The van der Waals surface area contributed by atoms with Crippen LogP contribution in [0.4, 0.5) is 0 Å². The molecule has 1 aliphatic carbocycles. The van der Waals surface area contributed by atoms with Crippen LogP contribution in [0.2, 0.25) is 0 Å². The maximum atomic E-state index is 5.10. The molecule has 0 unspecified atom stereocenters. The van der Waals surface area contributed by atoms with Gasteiger partial charge in [0.05, 0.1) is 11.7 Å². The molecular formula is C20H24N4S. The van der Waals surface area contributed by atoms with Gasteiger partial charge in [0, 0.05) is 35.4 Å². The van der Waals surface area contributed by atoms with Crippen LogP contribution >= 0.6 is 11.8 Å². The molecule has 0 bridgehead atoms. The minimum absolute atomic E-state index is 0.101. The molecule has 1 saturated heterocycles. The monoisotopic (exact) mass is 352 g/mol. The highest BCUT2D eigenvalue weighted by Gasteiger charge is 2.45. The Bertz CT molecular complexity index is 837. The van der Waals surface area contributed by atoms with Gasteiger partial charge in [-0.2, -0.15) is 0 Å². The fourth-order valence-corrected chi connectivity index (χ4v) is 5.54. The molecule has 130 valence electrons. The Balaban J connectivity index is 1.61. The second-order valence-corrected chi connectivity index (χ2v) is 8.97. The Morgan fingerprint density at radius 3 is 2.76 bits per heavy atom. The first-order valence-electron chi connectivity index (χ1n) is 9.24. The van der Waals surface area contributed by atoms with E-state index in [1.165, 1.54) is 35.0 Å². The van der Waals surface area contributed by atoms with Crippen LogP contribution in [0.25, 0.3) is 0 Å². The summed E-state index contributed by atoms with van der Waals surface area (Å²) in [7, 11) is 0. The first-order chi connectivity index (χ1) is 12.1. The van der Waals surface area contributed by atoms with Crippen LogP contribution in [-0.4, -0.2) is 31.4 Å². The molecule has 2 aromatic rings.